The van der Waals surface area contributed by atoms with Crippen molar-refractivity contribution in [2.24, 2.45) is 0 Å². The Morgan fingerprint density at radius 3 is 3.00 bits per heavy atom. The van der Waals surface area contributed by atoms with Crippen molar-refractivity contribution in [1.29, 1.82) is 0 Å². The van der Waals surface area contributed by atoms with E-state index >= 15 is 0 Å². The first kappa shape index (κ1) is 14.9. The number of nitrogens with zero attached hydrogens (tertiary/aromatic N) is 2. The molecule has 1 aromatic rings. The third-order valence-electron chi connectivity index (χ3n) is 3.39. The van der Waals surface area contributed by atoms with Crippen LogP contribution in [0.1, 0.15) is 19.8 Å². The summed E-state index contributed by atoms with van der Waals surface area (Å²) >= 11 is 1.56. The Kier molecular flexibility index (Phi) is 5.41. The van der Waals surface area contributed by atoms with Crippen LogP contribution in [0.25, 0.3) is 0 Å². The van der Waals surface area contributed by atoms with E-state index in [1.165, 1.54) is 0 Å². The molecule has 0 N–H and O–H groups in total. The lowest BCUT2D eigenvalue weighted by Gasteiger charge is -2.37. The van der Waals surface area contributed by atoms with Gasteiger partial charge in [-0.25, -0.2) is 0 Å². The van der Waals surface area contributed by atoms with Gasteiger partial charge in [0.2, 0.25) is 5.91 Å². The van der Waals surface area contributed by atoms with Crippen molar-refractivity contribution in [3.63, 3.8) is 0 Å². The molecule has 1 aliphatic heterocycles. The Bertz CT molecular complexity index is 487. The summed E-state index contributed by atoms with van der Waals surface area (Å²) in [6.45, 7) is 5.86. The number of amides is 1. The number of carbonyl (C=O) groups is 1. The molecule has 2 atom stereocenters. The van der Waals surface area contributed by atoms with Crippen LogP contribution in [-0.2, 0) is 4.79 Å². The highest BCUT2D eigenvalue weighted by Crippen LogP contribution is 2.23. The molecule has 0 spiro atoms. The minimum atomic E-state index is 0.166. The van der Waals surface area contributed by atoms with Gasteiger partial charge in [-0.3, -0.25) is 9.78 Å². The highest BCUT2D eigenvalue weighted by atomic mass is 32.2. The van der Waals surface area contributed by atoms with Crippen molar-refractivity contribution < 1.29 is 4.79 Å². The van der Waals surface area contributed by atoms with Crippen molar-refractivity contribution in [1.82, 2.24) is 9.88 Å². The second-order valence-corrected chi connectivity index (χ2v) is 5.90. The molecule has 1 aromatic heterocycles. The molecule has 2 heterocycles. The fourth-order valence-electron chi connectivity index (χ4n) is 2.46. The van der Waals surface area contributed by atoms with Crippen LogP contribution >= 0.6 is 11.8 Å². The predicted molar refractivity (Wildman–Crippen MR) is 83.6 cm³/mol. The molecule has 1 aliphatic rings. The standard InChI is InChI=1S/C16H20N2OS/c1-3-5-14-7-4-6-13(2)18(14)16(19)12-20-15-8-10-17-11-9-15/h3-4,6,8-11,13-14H,1,5,7,12H2,2H3/t13-,14-/m1/s1. The molecule has 0 saturated carbocycles. The van der Waals surface area contributed by atoms with E-state index in [9.17, 15) is 4.79 Å². The molecule has 0 fully saturated rings. The number of pyridine rings is 1. The summed E-state index contributed by atoms with van der Waals surface area (Å²) in [6, 6.07) is 4.27. The number of rotatable bonds is 5. The second-order valence-electron chi connectivity index (χ2n) is 4.86. The smallest absolute Gasteiger partial charge is 0.233 e. The normalized spacial score (nSPS) is 21.8. The molecule has 2 rings (SSSR count). The maximum absolute atomic E-state index is 12.5. The van der Waals surface area contributed by atoms with E-state index in [1.807, 2.05) is 23.1 Å². The maximum Gasteiger partial charge on any atom is 0.233 e. The van der Waals surface area contributed by atoms with E-state index in [-0.39, 0.29) is 18.0 Å². The van der Waals surface area contributed by atoms with Crippen LogP contribution in [0, 0.1) is 0 Å². The van der Waals surface area contributed by atoms with Crippen LogP contribution in [-0.4, -0.2) is 33.6 Å². The fourth-order valence-corrected chi connectivity index (χ4v) is 3.21. The first-order chi connectivity index (χ1) is 9.72. The van der Waals surface area contributed by atoms with Crippen molar-refractivity contribution in [3.05, 3.63) is 49.3 Å². The van der Waals surface area contributed by atoms with Gasteiger partial charge in [0.1, 0.15) is 0 Å². The molecule has 0 aliphatic carbocycles. The van der Waals surface area contributed by atoms with Crippen LogP contribution in [0.15, 0.2) is 54.2 Å². The van der Waals surface area contributed by atoms with Crippen LogP contribution in [0.3, 0.4) is 0 Å². The van der Waals surface area contributed by atoms with Gasteiger partial charge in [0.15, 0.2) is 0 Å². The number of hydrogen-bond acceptors (Lipinski definition) is 3. The topological polar surface area (TPSA) is 33.2 Å². The van der Waals surface area contributed by atoms with Gasteiger partial charge in [-0.05, 0) is 31.9 Å². The van der Waals surface area contributed by atoms with Gasteiger partial charge in [-0.15, -0.1) is 18.3 Å². The molecule has 0 unspecified atom stereocenters. The Balaban J connectivity index is 1.98. The lowest BCUT2D eigenvalue weighted by Crippen LogP contribution is -2.47. The van der Waals surface area contributed by atoms with E-state index in [0.717, 1.165) is 17.7 Å². The summed E-state index contributed by atoms with van der Waals surface area (Å²) in [6.07, 6.45) is 11.4. The summed E-state index contributed by atoms with van der Waals surface area (Å²) in [5.74, 6) is 0.658. The minimum Gasteiger partial charge on any atom is -0.332 e. The highest BCUT2D eigenvalue weighted by molar-refractivity contribution is 8.00. The second kappa shape index (κ2) is 7.29. The molecule has 0 saturated heterocycles. The average molecular weight is 288 g/mol. The summed E-state index contributed by atoms with van der Waals surface area (Å²) in [7, 11) is 0. The van der Waals surface area contributed by atoms with E-state index in [2.05, 4.69) is 30.6 Å². The Morgan fingerprint density at radius 2 is 2.30 bits per heavy atom. The minimum absolute atomic E-state index is 0.166. The van der Waals surface area contributed by atoms with E-state index in [4.69, 9.17) is 0 Å². The number of carbonyl (C=O) groups excluding carboxylic acids is 1. The molecule has 1 amide bonds. The van der Waals surface area contributed by atoms with Crippen LogP contribution in [0.5, 0.6) is 0 Å². The average Bonchev–Trinajstić information content (AvgIpc) is 2.46. The summed E-state index contributed by atoms with van der Waals surface area (Å²) in [5, 5.41) is 0. The highest BCUT2D eigenvalue weighted by Gasteiger charge is 2.27. The van der Waals surface area contributed by atoms with E-state index < -0.39 is 0 Å². The summed E-state index contributed by atoms with van der Waals surface area (Å²) in [5.41, 5.74) is 0. The Hall–Kier alpha value is -1.55. The van der Waals surface area contributed by atoms with E-state index in [1.54, 1.807) is 24.2 Å². The third-order valence-corrected chi connectivity index (χ3v) is 4.39. The van der Waals surface area contributed by atoms with Gasteiger partial charge in [0.05, 0.1) is 5.75 Å². The maximum atomic E-state index is 12.5. The summed E-state index contributed by atoms with van der Waals surface area (Å²) in [4.78, 5) is 19.5. The van der Waals surface area contributed by atoms with Gasteiger partial charge in [0.25, 0.3) is 0 Å². The molecular formula is C16H20N2OS. The molecular weight excluding hydrogens is 268 g/mol. The lowest BCUT2D eigenvalue weighted by molar-refractivity contribution is -0.132. The molecule has 20 heavy (non-hydrogen) atoms. The number of aromatic nitrogens is 1. The van der Waals surface area contributed by atoms with Crippen molar-refractivity contribution in [3.8, 4) is 0 Å². The number of thioether (sulfide) groups is 1. The SMILES string of the molecule is C=CC[C@@H]1CC=C[C@@H](C)N1C(=O)CSc1ccncc1. The van der Waals surface area contributed by atoms with Crippen molar-refractivity contribution >= 4 is 17.7 Å². The van der Waals surface area contributed by atoms with Crippen molar-refractivity contribution in [2.45, 2.75) is 36.7 Å². The molecule has 3 nitrogen and oxygen atoms in total. The van der Waals surface area contributed by atoms with Gasteiger partial charge >= 0.3 is 0 Å². The van der Waals surface area contributed by atoms with E-state index in [0.29, 0.717) is 5.75 Å². The van der Waals surface area contributed by atoms with Gasteiger partial charge < -0.3 is 4.90 Å². The molecule has 0 radical (unpaired) electrons. The van der Waals surface area contributed by atoms with Gasteiger partial charge in [-0.1, -0.05) is 18.2 Å². The zero-order chi connectivity index (χ0) is 14.4. The largest absolute Gasteiger partial charge is 0.332 e. The molecule has 106 valence electrons. The Labute approximate surface area is 124 Å². The quantitative estimate of drug-likeness (QED) is 0.616. The lowest BCUT2D eigenvalue weighted by atomic mass is 10.0. The predicted octanol–water partition coefficient (Wildman–Crippen LogP) is 3.30. The summed E-state index contributed by atoms with van der Waals surface area (Å²) < 4.78 is 0. The Morgan fingerprint density at radius 1 is 1.55 bits per heavy atom. The van der Waals surface area contributed by atoms with Crippen LogP contribution < -0.4 is 0 Å². The molecule has 0 bridgehead atoms. The van der Waals surface area contributed by atoms with Crippen LogP contribution in [0.4, 0.5) is 0 Å². The molecule has 4 heteroatoms. The third kappa shape index (κ3) is 3.73. The zero-order valence-corrected chi connectivity index (χ0v) is 12.6. The first-order valence-electron chi connectivity index (χ1n) is 6.84. The van der Waals surface area contributed by atoms with Gasteiger partial charge in [-0.2, -0.15) is 0 Å². The van der Waals surface area contributed by atoms with Crippen LogP contribution in [0.2, 0.25) is 0 Å². The monoisotopic (exact) mass is 288 g/mol. The zero-order valence-electron chi connectivity index (χ0n) is 11.7. The van der Waals surface area contributed by atoms with Crippen molar-refractivity contribution in [2.75, 3.05) is 5.75 Å². The number of hydrogen-bond donors (Lipinski definition) is 0. The molecule has 0 aromatic carbocycles. The first-order valence-corrected chi connectivity index (χ1v) is 7.82. The van der Waals surface area contributed by atoms with Gasteiger partial charge in [0, 0.05) is 29.4 Å². The fraction of sp³-hybridized carbons (Fsp3) is 0.375.